The molecule has 0 aliphatic carbocycles. The molecule has 0 aliphatic rings. The Morgan fingerprint density at radius 2 is 1.54 bits per heavy atom. The molecule has 0 bridgehead atoms. The summed E-state index contributed by atoms with van der Waals surface area (Å²) in [5, 5.41) is 2.93. The Bertz CT molecular complexity index is 1340. The van der Waals surface area contributed by atoms with Crippen LogP contribution < -0.4 is 14.4 Å². The van der Waals surface area contributed by atoms with Crippen LogP contribution in [0.4, 0.5) is 5.69 Å². The molecular formula is C30H37N3O5S. The first-order valence-corrected chi connectivity index (χ1v) is 14.4. The molecule has 0 radical (unpaired) electrons. The fraction of sp³-hybridized carbons (Fsp3) is 0.333. The number of ether oxygens (including phenoxy) is 1. The molecule has 208 valence electrons. The highest BCUT2D eigenvalue weighted by Gasteiger charge is 2.32. The van der Waals surface area contributed by atoms with Crippen molar-refractivity contribution in [1.82, 2.24) is 10.2 Å². The van der Waals surface area contributed by atoms with Crippen LogP contribution in [0.1, 0.15) is 38.3 Å². The van der Waals surface area contributed by atoms with Gasteiger partial charge >= 0.3 is 0 Å². The number of hydrogen-bond donors (Lipinski definition) is 1. The van der Waals surface area contributed by atoms with Crippen LogP contribution in [0.2, 0.25) is 0 Å². The van der Waals surface area contributed by atoms with E-state index in [0.717, 1.165) is 21.9 Å². The molecule has 0 aromatic heterocycles. The molecule has 0 heterocycles. The van der Waals surface area contributed by atoms with Crippen LogP contribution in [0, 0.1) is 6.92 Å². The third kappa shape index (κ3) is 7.60. The summed E-state index contributed by atoms with van der Waals surface area (Å²) in [6, 6.07) is 21.2. The van der Waals surface area contributed by atoms with Gasteiger partial charge in [-0.25, -0.2) is 8.42 Å². The largest absolute Gasteiger partial charge is 0.497 e. The second-order valence-corrected chi connectivity index (χ2v) is 11.4. The van der Waals surface area contributed by atoms with E-state index < -0.39 is 28.5 Å². The predicted octanol–water partition coefficient (Wildman–Crippen LogP) is 4.53. The first-order chi connectivity index (χ1) is 18.6. The maximum Gasteiger partial charge on any atom is 0.264 e. The average molecular weight is 552 g/mol. The number of anilines is 1. The van der Waals surface area contributed by atoms with E-state index in [1.807, 2.05) is 32.9 Å². The Hall–Kier alpha value is -3.85. The highest BCUT2D eigenvalue weighted by Crippen LogP contribution is 2.25. The van der Waals surface area contributed by atoms with Crippen molar-refractivity contribution in [1.29, 1.82) is 0 Å². The molecule has 0 saturated heterocycles. The molecule has 3 aromatic rings. The van der Waals surface area contributed by atoms with E-state index in [4.69, 9.17) is 4.74 Å². The van der Waals surface area contributed by atoms with Gasteiger partial charge in [-0.05, 0) is 69.2 Å². The third-order valence-corrected chi connectivity index (χ3v) is 8.40. The van der Waals surface area contributed by atoms with Gasteiger partial charge in [0.2, 0.25) is 11.8 Å². The highest BCUT2D eigenvalue weighted by atomic mass is 32.2. The zero-order chi connectivity index (χ0) is 28.6. The van der Waals surface area contributed by atoms with Crippen molar-refractivity contribution in [3.05, 3.63) is 90.0 Å². The summed E-state index contributed by atoms with van der Waals surface area (Å²) in [6.07, 6.45) is 0.738. The van der Waals surface area contributed by atoms with Gasteiger partial charge < -0.3 is 15.0 Å². The van der Waals surface area contributed by atoms with Crippen LogP contribution in [0.15, 0.2) is 83.8 Å². The van der Waals surface area contributed by atoms with Gasteiger partial charge in [0, 0.05) is 12.6 Å². The summed E-state index contributed by atoms with van der Waals surface area (Å²) in [5.41, 5.74) is 2.10. The monoisotopic (exact) mass is 551 g/mol. The maximum atomic E-state index is 13.9. The van der Waals surface area contributed by atoms with Crippen LogP contribution in [-0.2, 0) is 26.2 Å². The van der Waals surface area contributed by atoms with Crippen molar-refractivity contribution in [2.45, 2.75) is 57.6 Å². The molecule has 2 amide bonds. The summed E-state index contributed by atoms with van der Waals surface area (Å²) in [5.74, 6) is -0.143. The third-order valence-electron chi connectivity index (χ3n) is 6.61. The Morgan fingerprint density at radius 3 is 2.10 bits per heavy atom. The van der Waals surface area contributed by atoms with Gasteiger partial charge in [-0.1, -0.05) is 55.0 Å². The smallest absolute Gasteiger partial charge is 0.264 e. The van der Waals surface area contributed by atoms with Crippen molar-refractivity contribution < 1.29 is 22.7 Å². The van der Waals surface area contributed by atoms with Crippen LogP contribution in [-0.4, -0.2) is 50.9 Å². The molecular weight excluding hydrogens is 514 g/mol. The lowest BCUT2D eigenvalue weighted by molar-refractivity contribution is -0.139. The van der Waals surface area contributed by atoms with Crippen molar-refractivity contribution >= 4 is 27.5 Å². The molecule has 1 N–H and O–H groups in total. The molecule has 0 saturated carbocycles. The fourth-order valence-electron chi connectivity index (χ4n) is 3.94. The molecule has 0 fully saturated rings. The molecule has 2 unspecified atom stereocenters. The van der Waals surface area contributed by atoms with E-state index >= 15 is 0 Å². The summed E-state index contributed by atoms with van der Waals surface area (Å²) < 4.78 is 33.8. The van der Waals surface area contributed by atoms with E-state index in [2.05, 4.69) is 5.32 Å². The number of benzene rings is 3. The van der Waals surface area contributed by atoms with E-state index in [0.29, 0.717) is 11.4 Å². The summed E-state index contributed by atoms with van der Waals surface area (Å²) in [7, 11) is -2.51. The van der Waals surface area contributed by atoms with Gasteiger partial charge in [-0.2, -0.15) is 0 Å². The van der Waals surface area contributed by atoms with Crippen molar-refractivity contribution in [2.24, 2.45) is 0 Å². The minimum Gasteiger partial charge on any atom is -0.497 e. The normalized spacial score (nSPS) is 12.7. The van der Waals surface area contributed by atoms with Crippen LogP contribution in [0.5, 0.6) is 5.75 Å². The zero-order valence-corrected chi connectivity index (χ0v) is 23.9. The fourth-order valence-corrected chi connectivity index (χ4v) is 5.37. The number of nitrogens with zero attached hydrogens (tertiary/aromatic N) is 2. The number of nitrogens with one attached hydrogen (secondary N) is 1. The number of rotatable bonds is 12. The molecule has 0 aliphatic heterocycles. The number of aryl methyl sites for hydroxylation is 1. The second kappa shape index (κ2) is 13.3. The molecule has 0 spiro atoms. The Balaban J connectivity index is 2.00. The van der Waals surface area contributed by atoms with Gasteiger partial charge in [0.1, 0.15) is 18.3 Å². The quantitative estimate of drug-likeness (QED) is 0.357. The number of sulfonamides is 1. The topological polar surface area (TPSA) is 96.0 Å². The van der Waals surface area contributed by atoms with Gasteiger partial charge in [-0.3, -0.25) is 13.9 Å². The highest BCUT2D eigenvalue weighted by molar-refractivity contribution is 7.92. The number of methoxy groups -OCH3 is 1. The van der Waals surface area contributed by atoms with Gasteiger partial charge in [-0.15, -0.1) is 0 Å². The summed E-state index contributed by atoms with van der Waals surface area (Å²) in [6.45, 7) is 7.05. The number of amides is 2. The lowest BCUT2D eigenvalue weighted by atomic mass is 10.1. The maximum absolute atomic E-state index is 13.9. The number of carbonyl (C=O) groups excluding carboxylic acids is 2. The predicted molar refractivity (Wildman–Crippen MR) is 153 cm³/mol. The van der Waals surface area contributed by atoms with E-state index in [1.165, 1.54) is 17.0 Å². The van der Waals surface area contributed by atoms with Crippen LogP contribution >= 0.6 is 0 Å². The lowest BCUT2D eigenvalue weighted by Crippen LogP contribution is -2.52. The minimum atomic E-state index is -4.08. The van der Waals surface area contributed by atoms with Crippen LogP contribution in [0.25, 0.3) is 0 Å². The molecule has 2 atom stereocenters. The summed E-state index contributed by atoms with van der Waals surface area (Å²) >= 11 is 0. The minimum absolute atomic E-state index is 0.0691. The molecule has 8 nitrogen and oxygen atoms in total. The Morgan fingerprint density at radius 1 is 0.923 bits per heavy atom. The molecule has 3 aromatic carbocycles. The first kappa shape index (κ1) is 29.7. The Kier molecular flexibility index (Phi) is 10.1. The van der Waals surface area contributed by atoms with Crippen LogP contribution in [0.3, 0.4) is 0 Å². The van der Waals surface area contributed by atoms with E-state index in [1.54, 1.807) is 68.6 Å². The van der Waals surface area contributed by atoms with Crippen molar-refractivity contribution in [3.63, 3.8) is 0 Å². The SMILES string of the molecule is CCC(C)NC(=O)C(C)N(Cc1ccc(OC)cc1)C(=O)CN(c1ccc(C)cc1)S(=O)(=O)c1ccccc1. The number of carbonyl (C=O) groups is 2. The molecule has 39 heavy (non-hydrogen) atoms. The Labute approximate surface area is 231 Å². The second-order valence-electron chi connectivity index (χ2n) is 9.52. The molecule has 3 rings (SSSR count). The van der Waals surface area contributed by atoms with Crippen molar-refractivity contribution in [3.8, 4) is 5.75 Å². The van der Waals surface area contributed by atoms with Gasteiger partial charge in [0.25, 0.3) is 10.0 Å². The van der Waals surface area contributed by atoms with E-state index in [-0.39, 0.29) is 23.4 Å². The summed E-state index contributed by atoms with van der Waals surface area (Å²) in [4.78, 5) is 28.5. The number of hydrogen-bond acceptors (Lipinski definition) is 5. The standard InChI is InChI=1S/C30H37N3O5S/c1-6-23(3)31-30(35)24(4)32(20-25-14-18-27(38-5)19-15-25)29(34)21-33(26-16-12-22(2)13-17-26)39(36,37)28-10-8-7-9-11-28/h7-19,23-24H,6,20-21H2,1-5H3,(H,31,35). The lowest BCUT2D eigenvalue weighted by Gasteiger charge is -2.32. The molecule has 9 heteroatoms. The zero-order valence-electron chi connectivity index (χ0n) is 23.1. The van der Waals surface area contributed by atoms with Gasteiger partial charge in [0.05, 0.1) is 17.7 Å². The average Bonchev–Trinajstić information content (AvgIpc) is 2.95. The van der Waals surface area contributed by atoms with E-state index in [9.17, 15) is 18.0 Å². The van der Waals surface area contributed by atoms with Gasteiger partial charge in [0.15, 0.2) is 0 Å². The first-order valence-electron chi connectivity index (χ1n) is 12.9. The van der Waals surface area contributed by atoms with Crippen molar-refractivity contribution in [2.75, 3.05) is 18.0 Å².